The van der Waals surface area contributed by atoms with Gasteiger partial charge in [0, 0.05) is 17.8 Å². The quantitative estimate of drug-likeness (QED) is 0.864. The number of thiophene rings is 1. The Labute approximate surface area is 116 Å². The fourth-order valence-corrected chi connectivity index (χ4v) is 3.53. The van der Waals surface area contributed by atoms with Crippen LogP contribution in [0.2, 0.25) is 0 Å². The first kappa shape index (κ1) is 14.0. The lowest BCUT2D eigenvalue weighted by Crippen LogP contribution is -2.21. The van der Waals surface area contributed by atoms with Gasteiger partial charge >= 0.3 is 5.97 Å². The van der Waals surface area contributed by atoms with Crippen LogP contribution in [0.1, 0.15) is 33.6 Å². The third-order valence-corrected chi connectivity index (χ3v) is 4.38. The maximum atomic E-state index is 11.8. The molecular formula is C13H18N2O3S. The summed E-state index contributed by atoms with van der Waals surface area (Å²) in [6.45, 7) is 0.652. The van der Waals surface area contributed by atoms with Crippen molar-refractivity contribution in [2.24, 2.45) is 0 Å². The zero-order valence-corrected chi connectivity index (χ0v) is 12.0. The van der Waals surface area contributed by atoms with Crippen LogP contribution in [-0.4, -0.2) is 42.5 Å². The molecule has 5 nitrogen and oxygen atoms in total. The van der Waals surface area contributed by atoms with Crippen molar-refractivity contribution >= 4 is 28.2 Å². The number of anilines is 1. The monoisotopic (exact) mass is 282 g/mol. The topological polar surface area (TPSA) is 69.6 Å². The lowest BCUT2D eigenvalue weighted by atomic mass is 10.1. The van der Waals surface area contributed by atoms with Crippen molar-refractivity contribution < 1.29 is 14.7 Å². The van der Waals surface area contributed by atoms with Gasteiger partial charge in [-0.2, -0.15) is 0 Å². The number of aryl methyl sites for hydroxylation is 1. The molecule has 0 aromatic carbocycles. The number of carbonyl (C=O) groups excluding carboxylic acids is 1. The largest absolute Gasteiger partial charge is 0.478 e. The molecule has 6 heteroatoms. The highest BCUT2D eigenvalue weighted by atomic mass is 32.1. The van der Waals surface area contributed by atoms with Crippen LogP contribution in [0.3, 0.4) is 0 Å². The Hall–Kier alpha value is -1.40. The number of rotatable bonds is 5. The first-order chi connectivity index (χ1) is 8.99. The Morgan fingerprint density at radius 2 is 2.11 bits per heavy atom. The summed E-state index contributed by atoms with van der Waals surface area (Å²) in [6, 6.07) is 0. The van der Waals surface area contributed by atoms with Crippen LogP contribution < -0.4 is 5.32 Å². The third-order valence-electron chi connectivity index (χ3n) is 3.17. The van der Waals surface area contributed by atoms with E-state index in [1.165, 1.54) is 11.3 Å². The SMILES string of the molecule is CN(C)CCC(=O)Nc1sc2c(c1C(=O)O)CCC2. The molecule has 0 saturated carbocycles. The highest BCUT2D eigenvalue weighted by Gasteiger charge is 2.26. The van der Waals surface area contributed by atoms with Crippen molar-refractivity contribution in [3.63, 3.8) is 0 Å². The summed E-state index contributed by atoms with van der Waals surface area (Å²) >= 11 is 1.41. The molecule has 0 spiro atoms. The maximum Gasteiger partial charge on any atom is 0.339 e. The average Bonchev–Trinajstić information content (AvgIpc) is 2.85. The number of carboxylic acids is 1. The summed E-state index contributed by atoms with van der Waals surface area (Å²) in [5.41, 5.74) is 1.22. The molecule has 1 heterocycles. The first-order valence-corrected chi connectivity index (χ1v) is 7.13. The van der Waals surface area contributed by atoms with Gasteiger partial charge in [-0.25, -0.2) is 4.79 Å². The van der Waals surface area contributed by atoms with Crippen molar-refractivity contribution in [3.8, 4) is 0 Å². The summed E-state index contributed by atoms with van der Waals surface area (Å²) in [7, 11) is 3.80. The molecule has 0 unspecified atom stereocenters. The summed E-state index contributed by atoms with van der Waals surface area (Å²) in [4.78, 5) is 26.2. The molecule has 1 aromatic rings. The molecule has 1 aliphatic carbocycles. The molecule has 2 N–H and O–H groups in total. The van der Waals surface area contributed by atoms with Gasteiger partial charge in [-0.15, -0.1) is 11.3 Å². The smallest absolute Gasteiger partial charge is 0.339 e. The van der Waals surface area contributed by atoms with Crippen LogP contribution in [0.25, 0.3) is 0 Å². The molecule has 19 heavy (non-hydrogen) atoms. The summed E-state index contributed by atoms with van der Waals surface area (Å²) in [6.07, 6.45) is 3.11. The molecule has 0 bridgehead atoms. The first-order valence-electron chi connectivity index (χ1n) is 6.31. The van der Waals surface area contributed by atoms with Gasteiger partial charge in [0.1, 0.15) is 5.00 Å². The molecule has 0 radical (unpaired) electrons. The molecule has 2 rings (SSSR count). The predicted molar refractivity (Wildman–Crippen MR) is 75.1 cm³/mol. The third kappa shape index (κ3) is 3.13. The number of fused-ring (bicyclic) bond motifs is 1. The van der Waals surface area contributed by atoms with Crippen molar-refractivity contribution in [2.45, 2.75) is 25.7 Å². The van der Waals surface area contributed by atoms with E-state index in [0.29, 0.717) is 23.5 Å². The second kappa shape index (κ2) is 5.71. The van der Waals surface area contributed by atoms with E-state index >= 15 is 0 Å². The second-order valence-electron chi connectivity index (χ2n) is 4.97. The summed E-state index contributed by atoms with van der Waals surface area (Å²) in [5, 5.41) is 12.5. The van der Waals surface area contributed by atoms with Gasteiger partial charge in [0.2, 0.25) is 5.91 Å². The van der Waals surface area contributed by atoms with E-state index in [-0.39, 0.29) is 5.91 Å². The Bertz CT molecular complexity index is 508. The lowest BCUT2D eigenvalue weighted by molar-refractivity contribution is -0.116. The number of amides is 1. The number of nitrogens with one attached hydrogen (secondary N) is 1. The molecular weight excluding hydrogens is 264 g/mol. The second-order valence-corrected chi connectivity index (χ2v) is 6.07. The minimum absolute atomic E-state index is 0.129. The molecule has 1 amide bonds. The molecule has 0 saturated heterocycles. The molecule has 0 aliphatic heterocycles. The number of carboxylic acid groups (broad SMARTS) is 1. The van der Waals surface area contributed by atoms with Gasteiger partial charge in [-0.1, -0.05) is 0 Å². The van der Waals surface area contributed by atoms with E-state index in [1.807, 2.05) is 19.0 Å². The number of hydrogen-bond acceptors (Lipinski definition) is 4. The van der Waals surface area contributed by atoms with Gasteiger partial charge in [0.25, 0.3) is 0 Å². The Kier molecular flexibility index (Phi) is 4.21. The van der Waals surface area contributed by atoms with Gasteiger partial charge in [0.15, 0.2) is 0 Å². The van der Waals surface area contributed by atoms with Crippen LogP contribution in [0.5, 0.6) is 0 Å². The van der Waals surface area contributed by atoms with Gasteiger partial charge in [0.05, 0.1) is 5.56 Å². The molecule has 0 fully saturated rings. The van der Waals surface area contributed by atoms with Gasteiger partial charge in [-0.05, 0) is 38.9 Å². The summed E-state index contributed by atoms with van der Waals surface area (Å²) in [5.74, 6) is -1.07. The molecule has 1 aromatic heterocycles. The van der Waals surface area contributed by atoms with Crippen LogP contribution in [-0.2, 0) is 17.6 Å². The van der Waals surface area contributed by atoms with Crippen LogP contribution in [0.15, 0.2) is 0 Å². The van der Waals surface area contributed by atoms with Gasteiger partial charge < -0.3 is 15.3 Å². The summed E-state index contributed by atoms with van der Waals surface area (Å²) < 4.78 is 0. The van der Waals surface area contributed by atoms with E-state index in [2.05, 4.69) is 5.32 Å². The maximum absolute atomic E-state index is 11.8. The van der Waals surface area contributed by atoms with E-state index in [0.717, 1.165) is 29.7 Å². The molecule has 0 atom stereocenters. The van der Waals surface area contributed by atoms with E-state index < -0.39 is 5.97 Å². The fourth-order valence-electron chi connectivity index (χ4n) is 2.23. The zero-order chi connectivity index (χ0) is 14.0. The van der Waals surface area contributed by atoms with Gasteiger partial charge in [-0.3, -0.25) is 4.79 Å². The van der Waals surface area contributed by atoms with Crippen LogP contribution >= 0.6 is 11.3 Å². The van der Waals surface area contributed by atoms with Crippen LogP contribution in [0.4, 0.5) is 5.00 Å². The number of nitrogens with zero attached hydrogens (tertiary/aromatic N) is 1. The highest BCUT2D eigenvalue weighted by Crippen LogP contribution is 2.39. The van der Waals surface area contributed by atoms with E-state index in [4.69, 9.17) is 0 Å². The van der Waals surface area contributed by atoms with E-state index in [1.54, 1.807) is 0 Å². The van der Waals surface area contributed by atoms with E-state index in [9.17, 15) is 14.7 Å². The Balaban J connectivity index is 2.12. The van der Waals surface area contributed by atoms with Crippen molar-refractivity contribution in [1.82, 2.24) is 4.90 Å². The predicted octanol–water partition coefficient (Wildman–Crippen LogP) is 1.83. The molecule has 104 valence electrons. The lowest BCUT2D eigenvalue weighted by Gasteiger charge is -2.09. The number of carbonyl (C=O) groups is 2. The Morgan fingerprint density at radius 3 is 2.74 bits per heavy atom. The standard InChI is InChI=1S/C13H18N2O3S/c1-15(2)7-6-10(16)14-12-11(13(17)18)8-4-3-5-9(8)19-12/h3-7H2,1-2H3,(H,14,16)(H,17,18). The van der Waals surface area contributed by atoms with Crippen molar-refractivity contribution in [2.75, 3.05) is 26.0 Å². The number of hydrogen-bond donors (Lipinski definition) is 2. The molecule has 1 aliphatic rings. The average molecular weight is 282 g/mol. The number of aromatic carboxylic acids is 1. The van der Waals surface area contributed by atoms with Crippen molar-refractivity contribution in [1.29, 1.82) is 0 Å². The zero-order valence-electron chi connectivity index (χ0n) is 11.2. The highest BCUT2D eigenvalue weighted by molar-refractivity contribution is 7.17. The van der Waals surface area contributed by atoms with Crippen LogP contribution in [0, 0.1) is 0 Å². The minimum Gasteiger partial charge on any atom is -0.478 e. The normalized spacial score (nSPS) is 13.6. The Morgan fingerprint density at radius 1 is 1.37 bits per heavy atom. The van der Waals surface area contributed by atoms with Crippen molar-refractivity contribution in [3.05, 3.63) is 16.0 Å². The fraction of sp³-hybridized carbons (Fsp3) is 0.538. The minimum atomic E-state index is -0.942.